The highest BCUT2D eigenvalue weighted by atomic mass is 14.3. The molecule has 0 unspecified atom stereocenters. The summed E-state index contributed by atoms with van der Waals surface area (Å²) in [5.41, 5.74) is 17.5. The van der Waals surface area contributed by atoms with E-state index < -0.39 is 0 Å². The molecule has 0 amide bonds. The molecule has 1 aliphatic rings. The summed E-state index contributed by atoms with van der Waals surface area (Å²) in [6.07, 6.45) is 0.974. The van der Waals surface area contributed by atoms with Gasteiger partial charge in [-0.3, -0.25) is 0 Å². The van der Waals surface area contributed by atoms with Gasteiger partial charge in [0, 0.05) is 0 Å². The van der Waals surface area contributed by atoms with E-state index in [4.69, 9.17) is 0 Å². The molecule has 0 atom stereocenters. The first-order valence-corrected chi connectivity index (χ1v) is 12.1. The second kappa shape index (κ2) is 8.15. The van der Waals surface area contributed by atoms with Gasteiger partial charge < -0.3 is 0 Å². The van der Waals surface area contributed by atoms with Crippen molar-refractivity contribution in [1.29, 1.82) is 0 Å². The summed E-state index contributed by atoms with van der Waals surface area (Å²) in [6.45, 7) is 6.71. The van der Waals surface area contributed by atoms with Gasteiger partial charge in [-0.2, -0.15) is 0 Å². The molecule has 0 N–H and O–H groups in total. The van der Waals surface area contributed by atoms with Crippen LogP contribution in [0.15, 0.2) is 103 Å². The monoisotopic (exact) mass is 436 g/mol. The fourth-order valence-electron chi connectivity index (χ4n) is 5.91. The van der Waals surface area contributed by atoms with Crippen LogP contribution in [0.5, 0.6) is 0 Å². The van der Waals surface area contributed by atoms with Crippen molar-refractivity contribution in [2.75, 3.05) is 0 Å². The summed E-state index contributed by atoms with van der Waals surface area (Å²) >= 11 is 0. The van der Waals surface area contributed by atoms with Crippen molar-refractivity contribution in [2.45, 2.75) is 27.2 Å². The lowest BCUT2D eigenvalue weighted by molar-refractivity contribution is 1.26. The van der Waals surface area contributed by atoms with E-state index in [1.54, 1.807) is 0 Å². The van der Waals surface area contributed by atoms with Crippen LogP contribution in [0.25, 0.3) is 44.5 Å². The maximum Gasteiger partial charge on any atom is -0.000705 e. The van der Waals surface area contributed by atoms with Crippen LogP contribution in [0.4, 0.5) is 0 Å². The van der Waals surface area contributed by atoms with Crippen LogP contribution in [-0.4, -0.2) is 0 Å². The van der Waals surface area contributed by atoms with Gasteiger partial charge in [-0.1, -0.05) is 103 Å². The third-order valence-corrected chi connectivity index (χ3v) is 7.18. The lowest BCUT2D eigenvalue weighted by Crippen LogP contribution is -1.99. The van der Waals surface area contributed by atoms with E-state index in [0.29, 0.717) is 0 Å². The van der Waals surface area contributed by atoms with E-state index >= 15 is 0 Å². The first-order valence-electron chi connectivity index (χ1n) is 12.1. The third kappa shape index (κ3) is 3.30. The fraction of sp³-hybridized carbons (Fsp3) is 0.118. The van der Waals surface area contributed by atoms with Crippen molar-refractivity contribution in [1.82, 2.24) is 0 Å². The first kappa shape index (κ1) is 20.7. The van der Waals surface area contributed by atoms with Crippen LogP contribution in [0, 0.1) is 20.8 Å². The molecular weight excluding hydrogens is 408 g/mol. The molecule has 0 nitrogen and oxygen atoms in total. The van der Waals surface area contributed by atoms with Crippen LogP contribution >= 0.6 is 0 Å². The summed E-state index contributed by atoms with van der Waals surface area (Å²) in [5, 5.41) is 0. The Morgan fingerprint density at radius 2 is 1.03 bits per heavy atom. The number of fused-ring (bicyclic) bond motifs is 3. The molecular formula is C34H28. The molecule has 0 radical (unpaired) electrons. The molecule has 0 saturated carbocycles. The predicted molar refractivity (Wildman–Crippen MR) is 145 cm³/mol. The van der Waals surface area contributed by atoms with Crippen molar-refractivity contribution in [2.24, 2.45) is 0 Å². The van der Waals surface area contributed by atoms with E-state index in [-0.39, 0.29) is 0 Å². The number of aryl methyl sites for hydroxylation is 3. The van der Waals surface area contributed by atoms with Gasteiger partial charge in [0.25, 0.3) is 0 Å². The standard InChI is InChI=1S/C34H28/c1-22-18-23(2)32(24(3)19-22)31-21-29-28-17-11-10-16-27(28)20-30(29)33(25-12-6-4-7-13-25)34(31)26-14-8-5-9-15-26/h4-19,21H,20H2,1-3H3. The molecule has 1 aliphatic carbocycles. The first-order chi connectivity index (χ1) is 16.6. The molecule has 5 aromatic carbocycles. The Morgan fingerprint density at radius 1 is 0.471 bits per heavy atom. The number of benzene rings is 5. The van der Waals surface area contributed by atoms with Crippen molar-refractivity contribution in [3.05, 3.63) is 131 Å². The van der Waals surface area contributed by atoms with E-state index in [1.807, 2.05) is 0 Å². The van der Waals surface area contributed by atoms with Gasteiger partial charge in [-0.05, 0) is 100 Å². The molecule has 0 aliphatic heterocycles. The van der Waals surface area contributed by atoms with Gasteiger partial charge in [0.15, 0.2) is 0 Å². The minimum Gasteiger partial charge on any atom is -0.0622 e. The molecule has 6 rings (SSSR count). The molecule has 0 aromatic heterocycles. The van der Waals surface area contributed by atoms with Crippen molar-refractivity contribution in [3.8, 4) is 44.5 Å². The number of rotatable bonds is 3. The van der Waals surface area contributed by atoms with E-state index in [2.05, 4.69) is 124 Å². The smallest absolute Gasteiger partial charge is 0.000705 e. The van der Waals surface area contributed by atoms with Gasteiger partial charge in [0.05, 0.1) is 0 Å². The second-order valence-electron chi connectivity index (χ2n) is 9.54. The topological polar surface area (TPSA) is 0 Å². The zero-order valence-corrected chi connectivity index (χ0v) is 20.0. The molecule has 0 heteroatoms. The van der Waals surface area contributed by atoms with Crippen molar-refractivity contribution < 1.29 is 0 Å². The SMILES string of the molecule is Cc1cc(C)c(-c2cc3c(c(-c4ccccc4)c2-c2ccccc2)Cc2ccccc2-3)c(C)c1. The lowest BCUT2D eigenvalue weighted by Gasteiger charge is -2.23. The minimum absolute atomic E-state index is 0.974. The number of hydrogen-bond acceptors (Lipinski definition) is 0. The molecule has 34 heavy (non-hydrogen) atoms. The highest BCUT2D eigenvalue weighted by Crippen LogP contribution is 2.51. The Balaban J connectivity index is 1.80. The predicted octanol–water partition coefficient (Wildman–Crippen LogP) is 9.18. The lowest BCUT2D eigenvalue weighted by atomic mass is 9.80. The third-order valence-electron chi connectivity index (χ3n) is 7.18. The van der Waals surface area contributed by atoms with E-state index in [0.717, 1.165) is 6.42 Å². The largest absolute Gasteiger partial charge is 0.0622 e. The maximum absolute atomic E-state index is 2.47. The summed E-state index contributed by atoms with van der Waals surface area (Å²) in [5.74, 6) is 0. The van der Waals surface area contributed by atoms with Crippen LogP contribution in [0.2, 0.25) is 0 Å². The summed E-state index contributed by atoms with van der Waals surface area (Å²) in [4.78, 5) is 0. The van der Waals surface area contributed by atoms with Gasteiger partial charge in [-0.25, -0.2) is 0 Å². The molecule has 164 valence electrons. The summed E-state index contributed by atoms with van der Waals surface area (Å²) < 4.78 is 0. The van der Waals surface area contributed by atoms with E-state index in [1.165, 1.54) is 72.3 Å². The van der Waals surface area contributed by atoms with Gasteiger partial charge in [0.1, 0.15) is 0 Å². The van der Waals surface area contributed by atoms with Crippen molar-refractivity contribution >= 4 is 0 Å². The van der Waals surface area contributed by atoms with Crippen LogP contribution in [0.1, 0.15) is 27.8 Å². The molecule has 5 aromatic rings. The maximum atomic E-state index is 2.47. The minimum atomic E-state index is 0.974. The molecule has 0 spiro atoms. The Hall–Kier alpha value is -3.90. The second-order valence-corrected chi connectivity index (χ2v) is 9.54. The summed E-state index contributed by atoms with van der Waals surface area (Å²) in [6, 6.07) is 37.9. The Morgan fingerprint density at radius 3 is 1.68 bits per heavy atom. The average molecular weight is 437 g/mol. The summed E-state index contributed by atoms with van der Waals surface area (Å²) in [7, 11) is 0. The fourth-order valence-corrected chi connectivity index (χ4v) is 5.91. The zero-order chi connectivity index (χ0) is 23.2. The van der Waals surface area contributed by atoms with Gasteiger partial charge in [0.2, 0.25) is 0 Å². The van der Waals surface area contributed by atoms with Gasteiger partial charge >= 0.3 is 0 Å². The Labute approximate surface area is 202 Å². The van der Waals surface area contributed by atoms with Crippen LogP contribution in [-0.2, 0) is 6.42 Å². The van der Waals surface area contributed by atoms with Crippen LogP contribution < -0.4 is 0 Å². The van der Waals surface area contributed by atoms with E-state index in [9.17, 15) is 0 Å². The Kier molecular flexibility index (Phi) is 4.96. The highest BCUT2D eigenvalue weighted by Gasteiger charge is 2.28. The average Bonchev–Trinajstić information content (AvgIpc) is 3.22. The van der Waals surface area contributed by atoms with Crippen LogP contribution in [0.3, 0.4) is 0 Å². The highest BCUT2D eigenvalue weighted by molar-refractivity contribution is 6.02. The quantitative estimate of drug-likeness (QED) is 0.259. The number of hydrogen-bond donors (Lipinski definition) is 0. The normalized spacial score (nSPS) is 11.9. The molecule has 0 fully saturated rings. The van der Waals surface area contributed by atoms with Crippen molar-refractivity contribution in [3.63, 3.8) is 0 Å². The zero-order valence-electron chi connectivity index (χ0n) is 20.0. The van der Waals surface area contributed by atoms with Gasteiger partial charge in [-0.15, -0.1) is 0 Å². The molecule has 0 bridgehead atoms. The molecule has 0 heterocycles. The Bertz CT molecular complexity index is 1500. The molecule has 0 saturated heterocycles.